The molecule has 1 atom stereocenters. The summed E-state index contributed by atoms with van der Waals surface area (Å²) in [5, 5.41) is 5.47. The van der Waals surface area contributed by atoms with E-state index in [9.17, 15) is 0 Å². The molecule has 1 unspecified atom stereocenters. The van der Waals surface area contributed by atoms with Crippen LogP contribution in [0.15, 0.2) is 34.5 Å². The Morgan fingerprint density at radius 2 is 2.38 bits per heavy atom. The summed E-state index contributed by atoms with van der Waals surface area (Å²) in [7, 11) is 1.70. The second-order valence-corrected chi connectivity index (χ2v) is 4.57. The monoisotopic (exact) mass is 237 g/mol. The Labute approximate surface area is 99.0 Å². The van der Waals surface area contributed by atoms with E-state index in [4.69, 9.17) is 9.15 Å². The fourth-order valence-electron chi connectivity index (χ4n) is 1.52. The zero-order valence-corrected chi connectivity index (χ0v) is 10.2. The average molecular weight is 237 g/mol. The van der Waals surface area contributed by atoms with Gasteiger partial charge in [-0.1, -0.05) is 0 Å². The van der Waals surface area contributed by atoms with Crippen molar-refractivity contribution in [3.63, 3.8) is 0 Å². The summed E-state index contributed by atoms with van der Waals surface area (Å²) in [6.45, 7) is 2.93. The van der Waals surface area contributed by atoms with Crippen molar-refractivity contribution in [2.75, 3.05) is 7.11 Å². The van der Waals surface area contributed by atoms with E-state index in [2.05, 4.69) is 12.2 Å². The van der Waals surface area contributed by atoms with Crippen LogP contribution in [0.1, 0.15) is 23.4 Å². The quantitative estimate of drug-likeness (QED) is 0.867. The molecule has 0 amide bonds. The SMILES string of the molecule is COc1ccsc1CNC(C)c1ccoc1. The van der Waals surface area contributed by atoms with Gasteiger partial charge in [0.1, 0.15) is 5.75 Å². The number of furan rings is 1. The summed E-state index contributed by atoms with van der Waals surface area (Å²) in [6.07, 6.45) is 3.46. The maximum atomic E-state index is 5.26. The summed E-state index contributed by atoms with van der Waals surface area (Å²) in [5.41, 5.74) is 1.16. The van der Waals surface area contributed by atoms with Gasteiger partial charge < -0.3 is 14.5 Å². The molecular weight excluding hydrogens is 222 g/mol. The van der Waals surface area contributed by atoms with Gasteiger partial charge in [0, 0.05) is 18.2 Å². The molecule has 0 aliphatic heterocycles. The first-order valence-corrected chi connectivity index (χ1v) is 6.05. The van der Waals surface area contributed by atoms with Gasteiger partial charge >= 0.3 is 0 Å². The smallest absolute Gasteiger partial charge is 0.134 e. The van der Waals surface area contributed by atoms with Crippen LogP contribution in [0.4, 0.5) is 0 Å². The fourth-order valence-corrected chi connectivity index (χ4v) is 2.31. The lowest BCUT2D eigenvalue weighted by Crippen LogP contribution is -2.17. The van der Waals surface area contributed by atoms with Crippen LogP contribution in [-0.2, 0) is 6.54 Å². The van der Waals surface area contributed by atoms with Crippen LogP contribution in [0, 0.1) is 0 Å². The van der Waals surface area contributed by atoms with Crippen LogP contribution >= 0.6 is 11.3 Å². The average Bonchev–Trinajstić information content (AvgIpc) is 2.96. The van der Waals surface area contributed by atoms with Gasteiger partial charge in [-0.2, -0.15) is 0 Å². The van der Waals surface area contributed by atoms with Crippen LogP contribution in [0.5, 0.6) is 5.75 Å². The van der Waals surface area contributed by atoms with E-state index in [0.29, 0.717) is 0 Å². The van der Waals surface area contributed by atoms with Crippen molar-refractivity contribution >= 4 is 11.3 Å². The fraction of sp³-hybridized carbons (Fsp3) is 0.333. The molecule has 0 aliphatic rings. The normalized spacial score (nSPS) is 12.6. The first-order valence-electron chi connectivity index (χ1n) is 5.17. The van der Waals surface area contributed by atoms with Crippen molar-refractivity contribution in [3.8, 4) is 5.75 Å². The molecule has 0 saturated heterocycles. The third-order valence-corrected chi connectivity index (χ3v) is 3.44. The van der Waals surface area contributed by atoms with Gasteiger partial charge in [-0.3, -0.25) is 0 Å². The predicted molar refractivity (Wildman–Crippen MR) is 64.8 cm³/mol. The summed E-state index contributed by atoms with van der Waals surface area (Å²) in [4.78, 5) is 1.22. The van der Waals surface area contributed by atoms with E-state index < -0.39 is 0 Å². The lowest BCUT2D eigenvalue weighted by molar-refractivity contribution is 0.409. The summed E-state index contributed by atoms with van der Waals surface area (Å²) in [5.74, 6) is 0.955. The van der Waals surface area contributed by atoms with E-state index in [1.807, 2.05) is 17.5 Å². The minimum atomic E-state index is 0.283. The third kappa shape index (κ3) is 2.46. The first-order chi connectivity index (χ1) is 7.81. The molecule has 0 saturated carbocycles. The van der Waals surface area contributed by atoms with Crippen molar-refractivity contribution < 1.29 is 9.15 Å². The van der Waals surface area contributed by atoms with Crippen LogP contribution in [0.3, 0.4) is 0 Å². The molecule has 2 heterocycles. The van der Waals surface area contributed by atoms with Crippen LogP contribution in [-0.4, -0.2) is 7.11 Å². The minimum Gasteiger partial charge on any atom is -0.496 e. The number of rotatable bonds is 5. The molecule has 0 fully saturated rings. The van der Waals surface area contributed by atoms with E-state index in [0.717, 1.165) is 17.9 Å². The highest BCUT2D eigenvalue weighted by Gasteiger charge is 2.08. The third-order valence-electron chi connectivity index (χ3n) is 2.54. The molecule has 0 radical (unpaired) electrons. The topological polar surface area (TPSA) is 34.4 Å². The van der Waals surface area contributed by atoms with Crippen molar-refractivity contribution in [1.29, 1.82) is 0 Å². The maximum absolute atomic E-state index is 5.26. The summed E-state index contributed by atoms with van der Waals surface area (Å²) in [6, 6.07) is 4.25. The number of hydrogen-bond acceptors (Lipinski definition) is 4. The Kier molecular flexibility index (Phi) is 3.64. The molecule has 4 heteroatoms. The van der Waals surface area contributed by atoms with Gasteiger partial charge in [0.15, 0.2) is 0 Å². The molecule has 0 aromatic carbocycles. The van der Waals surface area contributed by atoms with Gasteiger partial charge in [-0.25, -0.2) is 0 Å². The lowest BCUT2D eigenvalue weighted by atomic mass is 10.2. The largest absolute Gasteiger partial charge is 0.496 e. The van der Waals surface area contributed by atoms with E-state index in [1.165, 1.54) is 4.88 Å². The number of methoxy groups -OCH3 is 1. The van der Waals surface area contributed by atoms with Gasteiger partial charge in [0.25, 0.3) is 0 Å². The molecule has 86 valence electrons. The molecule has 2 aromatic rings. The molecule has 16 heavy (non-hydrogen) atoms. The van der Waals surface area contributed by atoms with Gasteiger partial charge in [-0.05, 0) is 24.4 Å². The number of thiophene rings is 1. The Morgan fingerprint density at radius 3 is 3.06 bits per heavy atom. The molecular formula is C12H15NO2S. The predicted octanol–water partition coefficient (Wildman–Crippen LogP) is 3.20. The number of nitrogens with one attached hydrogen (secondary N) is 1. The lowest BCUT2D eigenvalue weighted by Gasteiger charge is -2.11. The Morgan fingerprint density at radius 1 is 1.50 bits per heavy atom. The van der Waals surface area contributed by atoms with E-state index in [-0.39, 0.29) is 6.04 Å². The highest BCUT2D eigenvalue weighted by Crippen LogP contribution is 2.25. The van der Waals surface area contributed by atoms with Crippen molar-refractivity contribution in [1.82, 2.24) is 5.32 Å². The highest BCUT2D eigenvalue weighted by atomic mass is 32.1. The molecule has 1 N–H and O–H groups in total. The van der Waals surface area contributed by atoms with Crippen LogP contribution in [0.2, 0.25) is 0 Å². The molecule has 0 bridgehead atoms. The molecule has 2 aromatic heterocycles. The second kappa shape index (κ2) is 5.18. The standard InChI is InChI=1S/C12H15NO2S/c1-9(10-3-5-15-8-10)13-7-12-11(14-2)4-6-16-12/h3-6,8-9,13H,7H2,1-2H3. The highest BCUT2D eigenvalue weighted by molar-refractivity contribution is 7.10. The Bertz CT molecular complexity index is 422. The van der Waals surface area contributed by atoms with Gasteiger partial charge in [0.05, 0.1) is 24.5 Å². The zero-order chi connectivity index (χ0) is 11.4. The molecule has 2 rings (SSSR count). The molecule has 0 spiro atoms. The molecule has 0 aliphatic carbocycles. The Balaban J connectivity index is 1.92. The number of ether oxygens (including phenoxy) is 1. The van der Waals surface area contributed by atoms with Crippen LogP contribution < -0.4 is 10.1 Å². The Hall–Kier alpha value is -1.26. The van der Waals surface area contributed by atoms with Crippen LogP contribution in [0.25, 0.3) is 0 Å². The van der Waals surface area contributed by atoms with Crippen molar-refractivity contribution in [2.45, 2.75) is 19.5 Å². The number of hydrogen-bond donors (Lipinski definition) is 1. The maximum Gasteiger partial charge on any atom is 0.134 e. The zero-order valence-electron chi connectivity index (χ0n) is 9.40. The molecule has 3 nitrogen and oxygen atoms in total. The second-order valence-electron chi connectivity index (χ2n) is 3.57. The summed E-state index contributed by atoms with van der Waals surface area (Å²) >= 11 is 1.70. The van der Waals surface area contributed by atoms with Crippen molar-refractivity contribution in [3.05, 3.63) is 40.5 Å². The minimum absolute atomic E-state index is 0.283. The summed E-state index contributed by atoms with van der Waals surface area (Å²) < 4.78 is 10.3. The van der Waals surface area contributed by atoms with Gasteiger partial charge in [-0.15, -0.1) is 11.3 Å². The van der Waals surface area contributed by atoms with E-state index in [1.54, 1.807) is 31.0 Å². The first kappa shape index (κ1) is 11.2. The van der Waals surface area contributed by atoms with Gasteiger partial charge in [0.2, 0.25) is 0 Å². The van der Waals surface area contributed by atoms with Crippen molar-refractivity contribution in [2.24, 2.45) is 0 Å². The van der Waals surface area contributed by atoms with E-state index >= 15 is 0 Å².